The Morgan fingerprint density at radius 3 is 2.81 bits per heavy atom. The number of halogens is 1. The molecule has 1 aromatic rings. The first-order valence-corrected chi connectivity index (χ1v) is 7.84. The lowest BCUT2D eigenvalue weighted by Gasteiger charge is -2.33. The van der Waals surface area contributed by atoms with E-state index in [-0.39, 0.29) is 0 Å². The van der Waals surface area contributed by atoms with Crippen LogP contribution in [0.5, 0.6) is 0 Å². The molecule has 90 valence electrons. The Balaban J connectivity index is 2.13. The van der Waals surface area contributed by atoms with Crippen LogP contribution in [0.15, 0.2) is 15.2 Å². The van der Waals surface area contributed by atoms with Gasteiger partial charge in [-0.1, -0.05) is 19.8 Å². The summed E-state index contributed by atoms with van der Waals surface area (Å²) in [6.45, 7) is 2.39. The highest BCUT2D eigenvalue weighted by Crippen LogP contribution is 2.39. The largest absolute Gasteiger partial charge is 0.313 e. The van der Waals surface area contributed by atoms with E-state index < -0.39 is 0 Å². The van der Waals surface area contributed by atoms with E-state index in [0.717, 1.165) is 11.8 Å². The number of hydrogen-bond acceptors (Lipinski definition) is 2. The molecule has 3 unspecified atom stereocenters. The van der Waals surface area contributed by atoms with E-state index in [2.05, 4.69) is 46.0 Å². The quantitative estimate of drug-likeness (QED) is 0.860. The Hall–Kier alpha value is 0.140. The van der Waals surface area contributed by atoms with Gasteiger partial charge in [0, 0.05) is 15.9 Å². The Labute approximate surface area is 111 Å². The van der Waals surface area contributed by atoms with Gasteiger partial charge in [-0.25, -0.2) is 0 Å². The molecule has 1 aliphatic rings. The molecule has 1 fully saturated rings. The molecule has 1 heterocycles. The van der Waals surface area contributed by atoms with Crippen LogP contribution in [-0.4, -0.2) is 7.05 Å². The number of thiophene rings is 1. The zero-order chi connectivity index (χ0) is 11.5. The summed E-state index contributed by atoms with van der Waals surface area (Å²) in [6, 6.07) is 0.531. The van der Waals surface area contributed by atoms with Crippen molar-refractivity contribution in [3.05, 3.63) is 20.8 Å². The third-order valence-corrected chi connectivity index (χ3v) is 5.49. The van der Waals surface area contributed by atoms with Crippen LogP contribution in [0.25, 0.3) is 0 Å². The van der Waals surface area contributed by atoms with E-state index in [1.807, 2.05) is 0 Å². The van der Waals surface area contributed by atoms with Crippen LogP contribution < -0.4 is 5.32 Å². The second kappa shape index (κ2) is 5.65. The van der Waals surface area contributed by atoms with E-state index in [0.29, 0.717) is 6.04 Å². The molecule has 1 nitrogen and oxygen atoms in total. The van der Waals surface area contributed by atoms with Gasteiger partial charge in [0.2, 0.25) is 0 Å². The molecule has 1 saturated carbocycles. The van der Waals surface area contributed by atoms with Crippen molar-refractivity contribution >= 4 is 27.3 Å². The third-order valence-electron chi connectivity index (χ3n) is 3.74. The lowest BCUT2D eigenvalue weighted by molar-refractivity contribution is 0.230. The van der Waals surface area contributed by atoms with Crippen molar-refractivity contribution in [3.8, 4) is 0 Å². The summed E-state index contributed by atoms with van der Waals surface area (Å²) in [5, 5.41) is 7.98. The second-order valence-corrected chi connectivity index (χ2v) is 6.57. The molecule has 1 aromatic heterocycles. The second-order valence-electron chi connectivity index (χ2n) is 4.97. The number of nitrogens with one attached hydrogen (secondary N) is 1. The van der Waals surface area contributed by atoms with Gasteiger partial charge in [0.25, 0.3) is 0 Å². The van der Waals surface area contributed by atoms with Gasteiger partial charge in [0.05, 0.1) is 0 Å². The summed E-state index contributed by atoms with van der Waals surface area (Å²) in [7, 11) is 2.09. The summed E-state index contributed by atoms with van der Waals surface area (Å²) in [6.07, 6.45) is 5.55. The Kier molecular flexibility index (Phi) is 4.45. The molecule has 3 atom stereocenters. The minimum Gasteiger partial charge on any atom is -0.313 e. The van der Waals surface area contributed by atoms with Crippen molar-refractivity contribution in [2.24, 2.45) is 11.8 Å². The van der Waals surface area contributed by atoms with Gasteiger partial charge >= 0.3 is 0 Å². The van der Waals surface area contributed by atoms with Crippen LogP contribution in [0.1, 0.15) is 44.2 Å². The molecule has 0 amide bonds. The van der Waals surface area contributed by atoms with Crippen LogP contribution in [0.4, 0.5) is 0 Å². The smallest absolute Gasteiger partial charge is 0.0365 e. The predicted molar refractivity (Wildman–Crippen MR) is 74.9 cm³/mol. The van der Waals surface area contributed by atoms with E-state index in [4.69, 9.17) is 0 Å². The summed E-state index contributed by atoms with van der Waals surface area (Å²) in [5.41, 5.74) is 1.45. The highest BCUT2D eigenvalue weighted by molar-refractivity contribution is 9.10. The molecule has 16 heavy (non-hydrogen) atoms. The zero-order valence-electron chi connectivity index (χ0n) is 10.0. The lowest BCUT2D eigenvalue weighted by atomic mass is 9.77. The lowest BCUT2D eigenvalue weighted by Crippen LogP contribution is -2.28. The third kappa shape index (κ3) is 2.69. The molecular formula is C13H20BrNS. The molecular weight excluding hydrogens is 282 g/mol. The van der Waals surface area contributed by atoms with Crippen LogP contribution in [0.3, 0.4) is 0 Å². The Bertz CT molecular complexity index is 336. The van der Waals surface area contributed by atoms with Crippen molar-refractivity contribution in [2.45, 2.75) is 38.6 Å². The summed E-state index contributed by atoms with van der Waals surface area (Å²) in [5.74, 6) is 1.70. The van der Waals surface area contributed by atoms with Crippen LogP contribution in [-0.2, 0) is 0 Å². The van der Waals surface area contributed by atoms with Gasteiger partial charge in [-0.2, -0.15) is 11.3 Å². The highest BCUT2D eigenvalue weighted by Gasteiger charge is 2.28. The molecule has 0 aliphatic heterocycles. The SMILES string of the molecule is CNC(c1cscc1Br)C1CCCC(C)C1. The fraction of sp³-hybridized carbons (Fsp3) is 0.692. The Morgan fingerprint density at radius 2 is 2.25 bits per heavy atom. The zero-order valence-corrected chi connectivity index (χ0v) is 12.4. The number of hydrogen-bond donors (Lipinski definition) is 1. The summed E-state index contributed by atoms with van der Waals surface area (Å²) >= 11 is 5.45. The minimum atomic E-state index is 0.531. The average Bonchev–Trinajstić information content (AvgIpc) is 2.67. The van der Waals surface area contributed by atoms with Gasteiger partial charge in [0.15, 0.2) is 0 Å². The minimum absolute atomic E-state index is 0.531. The van der Waals surface area contributed by atoms with E-state index in [9.17, 15) is 0 Å². The van der Waals surface area contributed by atoms with Gasteiger partial charge in [-0.15, -0.1) is 0 Å². The highest BCUT2D eigenvalue weighted by atomic mass is 79.9. The van der Waals surface area contributed by atoms with Crippen LogP contribution >= 0.6 is 27.3 Å². The fourth-order valence-corrected chi connectivity index (χ4v) is 4.52. The molecule has 2 rings (SSSR count). The van der Waals surface area contributed by atoms with Crippen molar-refractivity contribution < 1.29 is 0 Å². The molecule has 0 bridgehead atoms. The number of rotatable bonds is 3. The van der Waals surface area contributed by atoms with Crippen molar-refractivity contribution in [1.29, 1.82) is 0 Å². The predicted octanol–water partition coefficient (Wildman–Crippen LogP) is 4.60. The average molecular weight is 302 g/mol. The normalized spacial score (nSPS) is 27.9. The van der Waals surface area contributed by atoms with Crippen LogP contribution in [0, 0.1) is 11.8 Å². The maximum absolute atomic E-state index is 3.66. The van der Waals surface area contributed by atoms with Gasteiger partial charge < -0.3 is 5.32 Å². The first kappa shape index (κ1) is 12.6. The van der Waals surface area contributed by atoms with Crippen molar-refractivity contribution in [1.82, 2.24) is 5.32 Å². The van der Waals surface area contributed by atoms with Gasteiger partial charge in [-0.3, -0.25) is 0 Å². The first-order chi connectivity index (χ1) is 7.72. The topological polar surface area (TPSA) is 12.0 Å². The van der Waals surface area contributed by atoms with E-state index in [1.54, 1.807) is 11.3 Å². The van der Waals surface area contributed by atoms with E-state index >= 15 is 0 Å². The van der Waals surface area contributed by atoms with Crippen molar-refractivity contribution in [2.75, 3.05) is 7.05 Å². The van der Waals surface area contributed by atoms with Gasteiger partial charge in [0.1, 0.15) is 0 Å². The summed E-state index contributed by atoms with van der Waals surface area (Å²) in [4.78, 5) is 0. The molecule has 1 aliphatic carbocycles. The molecule has 0 spiro atoms. The fourth-order valence-electron chi connectivity index (χ4n) is 2.94. The standard InChI is InChI=1S/C13H20BrNS/c1-9-4-3-5-10(6-9)13(15-2)11-7-16-8-12(11)14/h7-10,13,15H,3-6H2,1-2H3. The molecule has 0 aromatic carbocycles. The van der Waals surface area contributed by atoms with Gasteiger partial charge in [-0.05, 0) is 58.6 Å². The molecule has 0 radical (unpaired) electrons. The van der Waals surface area contributed by atoms with Crippen LogP contribution in [0.2, 0.25) is 0 Å². The van der Waals surface area contributed by atoms with E-state index in [1.165, 1.54) is 35.7 Å². The maximum atomic E-state index is 3.66. The molecule has 0 saturated heterocycles. The monoisotopic (exact) mass is 301 g/mol. The van der Waals surface area contributed by atoms with Crippen molar-refractivity contribution in [3.63, 3.8) is 0 Å². The molecule has 3 heteroatoms. The Morgan fingerprint density at radius 1 is 1.44 bits per heavy atom. The summed E-state index contributed by atoms with van der Waals surface area (Å²) < 4.78 is 1.27. The molecule has 1 N–H and O–H groups in total. The maximum Gasteiger partial charge on any atom is 0.0365 e. The first-order valence-electron chi connectivity index (χ1n) is 6.11.